The molecule has 1 aliphatic rings. The summed E-state index contributed by atoms with van der Waals surface area (Å²) >= 11 is 5.93. The molecular formula is C24H23ClN6O4. The molecule has 3 heterocycles. The lowest BCUT2D eigenvalue weighted by Crippen LogP contribution is -2.48. The molecule has 5 rings (SSSR count). The number of nitrogens with one attached hydrogen (secondary N) is 1. The molecule has 2 aromatic heterocycles. The fourth-order valence-corrected chi connectivity index (χ4v) is 4.34. The molecule has 0 aliphatic carbocycles. The molecule has 35 heavy (non-hydrogen) atoms. The van der Waals surface area contributed by atoms with Gasteiger partial charge in [-0.15, -0.1) is 0 Å². The number of amides is 1. The van der Waals surface area contributed by atoms with E-state index < -0.39 is 11.2 Å². The van der Waals surface area contributed by atoms with E-state index in [9.17, 15) is 14.4 Å². The average Bonchev–Trinajstić information content (AvgIpc) is 3.33. The predicted molar refractivity (Wildman–Crippen MR) is 130 cm³/mol. The number of nitrogens with zero attached hydrogens (tertiary/aromatic N) is 5. The maximum Gasteiger partial charge on any atom is 0.328 e. The largest absolute Gasteiger partial charge is 0.340 e. The minimum atomic E-state index is -0.510. The molecule has 0 atom stereocenters. The van der Waals surface area contributed by atoms with Crippen LogP contribution in [0, 0.1) is 0 Å². The van der Waals surface area contributed by atoms with Crippen LogP contribution in [0.5, 0.6) is 0 Å². The first-order chi connectivity index (χ1) is 17.0. The number of piperazine rings is 1. The normalized spacial score (nSPS) is 14.5. The quantitative estimate of drug-likeness (QED) is 0.436. The van der Waals surface area contributed by atoms with Crippen molar-refractivity contribution in [2.45, 2.75) is 19.5 Å². The van der Waals surface area contributed by atoms with Gasteiger partial charge < -0.3 is 9.42 Å². The zero-order valence-corrected chi connectivity index (χ0v) is 19.6. The molecule has 2 aromatic carbocycles. The Morgan fingerprint density at radius 1 is 1.03 bits per heavy atom. The summed E-state index contributed by atoms with van der Waals surface area (Å²) < 4.78 is 6.84. The van der Waals surface area contributed by atoms with Gasteiger partial charge in [0.05, 0.1) is 17.4 Å². The van der Waals surface area contributed by atoms with Gasteiger partial charge in [-0.05, 0) is 36.4 Å². The van der Waals surface area contributed by atoms with Crippen LogP contribution in [0.3, 0.4) is 0 Å². The summed E-state index contributed by atoms with van der Waals surface area (Å²) in [6, 6.07) is 14.1. The van der Waals surface area contributed by atoms with Crippen molar-refractivity contribution < 1.29 is 9.32 Å². The standard InChI is InChI=1S/C24H23ClN6O4/c25-17-7-5-16(6-8-17)22-26-20(35-28-22)15-29-11-13-30(14-12-29)21(32)9-10-31-19-4-2-1-3-18(19)23(33)27-24(31)34/h1-8H,9-15H2,(H,27,33,34). The smallest absolute Gasteiger partial charge is 0.328 e. The van der Waals surface area contributed by atoms with Gasteiger partial charge in [-0.1, -0.05) is 28.9 Å². The van der Waals surface area contributed by atoms with Crippen LogP contribution in [0.25, 0.3) is 22.3 Å². The van der Waals surface area contributed by atoms with Crippen LogP contribution in [-0.4, -0.2) is 61.6 Å². The minimum absolute atomic E-state index is 0.0327. The highest BCUT2D eigenvalue weighted by Gasteiger charge is 2.23. The highest BCUT2D eigenvalue weighted by Crippen LogP contribution is 2.19. The molecular weight excluding hydrogens is 472 g/mol. The topological polar surface area (TPSA) is 117 Å². The third kappa shape index (κ3) is 5.03. The van der Waals surface area contributed by atoms with Crippen LogP contribution in [0.4, 0.5) is 0 Å². The SMILES string of the molecule is O=C(CCn1c(=O)[nH]c(=O)c2ccccc21)N1CCN(Cc2nc(-c3ccc(Cl)cc3)no2)CC1. The van der Waals surface area contributed by atoms with E-state index in [1.165, 1.54) is 4.57 Å². The van der Waals surface area contributed by atoms with Crippen molar-refractivity contribution in [1.29, 1.82) is 0 Å². The first-order valence-electron chi connectivity index (χ1n) is 11.3. The summed E-state index contributed by atoms with van der Waals surface area (Å²) in [7, 11) is 0. The third-order valence-corrected chi connectivity index (χ3v) is 6.36. The number of rotatable bonds is 6. The van der Waals surface area contributed by atoms with Crippen LogP contribution in [0.15, 0.2) is 62.6 Å². The number of benzene rings is 2. The van der Waals surface area contributed by atoms with Crippen molar-refractivity contribution in [2.75, 3.05) is 26.2 Å². The Hall–Kier alpha value is -3.76. The zero-order valence-electron chi connectivity index (χ0n) is 18.8. The molecule has 180 valence electrons. The predicted octanol–water partition coefficient (Wildman–Crippen LogP) is 2.13. The molecule has 0 radical (unpaired) electrons. The fourth-order valence-electron chi connectivity index (χ4n) is 4.21. The second-order valence-electron chi connectivity index (χ2n) is 8.35. The van der Waals surface area contributed by atoms with E-state index in [0.717, 1.165) is 5.56 Å². The van der Waals surface area contributed by atoms with E-state index in [4.69, 9.17) is 16.1 Å². The van der Waals surface area contributed by atoms with Gasteiger partial charge in [-0.3, -0.25) is 24.0 Å². The van der Waals surface area contributed by atoms with Gasteiger partial charge >= 0.3 is 5.69 Å². The number of aromatic amines is 1. The highest BCUT2D eigenvalue weighted by molar-refractivity contribution is 6.30. The summed E-state index contributed by atoms with van der Waals surface area (Å²) in [5.74, 6) is 0.990. The number of para-hydroxylation sites is 1. The average molecular weight is 495 g/mol. The van der Waals surface area contributed by atoms with Crippen molar-refractivity contribution in [3.05, 3.63) is 80.3 Å². The molecule has 0 unspecified atom stereocenters. The first-order valence-corrected chi connectivity index (χ1v) is 11.7. The van der Waals surface area contributed by atoms with E-state index >= 15 is 0 Å². The Kier molecular flexibility index (Phi) is 6.47. The molecule has 10 nitrogen and oxygen atoms in total. The van der Waals surface area contributed by atoms with Gasteiger partial charge in [0.1, 0.15) is 0 Å². The molecule has 1 aliphatic heterocycles. The molecule has 1 fully saturated rings. The molecule has 1 saturated heterocycles. The Balaban J connectivity index is 1.15. The van der Waals surface area contributed by atoms with Crippen LogP contribution < -0.4 is 11.2 Å². The number of carbonyl (C=O) groups is 1. The van der Waals surface area contributed by atoms with Crippen molar-refractivity contribution in [3.63, 3.8) is 0 Å². The minimum Gasteiger partial charge on any atom is -0.340 e. The van der Waals surface area contributed by atoms with Crippen molar-refractivity contribution in [1.82, 2.24) is 29.5 Å². The van der Waals surface area contributed by atoms with E-state index in [2.05, 4.69) is 20.0 Å². The van der Waals surface area contributed by atoms with Gasteiger partial charge in [-0.25, -0.2) is 4.79 Å². The summed E-state index contributed by atoms with van der Waals surface area (Å²) in [6.45, 7) is 3.18. The highest BCUT2D eigenvalue weighted by atomic mass is 35.5. The molecule has 11 heteroatoms. The van der Waals surface area contributed by atoms with Crippen LogP contribution >= 0.6 is 11.6 Å². The van der Waals surface area contributed by atoms with E-state index in [1.54, 1.807) is 41.3 Å². The molecule has 1 N–H and O–H groups in total. The van der Waals surface area contributed by atoms with E-state index in [0.29, 0.717) is 60.4 Å². The van der Waals surface area contributed by atoms with E-state index in [-0.39, 0.29) is 18.9 Å². The fraction of sp³-hybridized carbons (Fsp3) is 0.292. The summed E-state index contributed by atoms with van der Waals surface area (Å²) in [6.07, 6.45) is 0.171. The number of aryl methyl sites for hydroxylation is 1. The Labute approximate surface area is 204 Å². The number of H-pyrrole nitrogens is 1. The van der Waals surface area contributed by atoms with E-state index in [1.807, 2.05) is 12.1 Å². The number of aromatic nitrogens is 4. The van der Waals surface area contributed by atoms with Gasteiger partial charge in [0.25, 0.3) is 5.56 Å². The zero-order chi connectivity index (χ0) is 24.4. The Bertz CT molecular complexity index is 1470. The molecule has 0 saturated carbocycles. The summed E-state index contributed by atoms with van der Waals surface area (Å²) in [4.78, 5) is 47.9. The van der Waals surface area contributed by atoms with Crippen molar-refractivity contribution in [2.24, 2.45) is 0 Å². The lowest BCUT2D eigenvalue weighted by molar-refractivity contribution is -0.133. The number of hydrogen-bond acceptors (Lipinski definition) is 7. The Morgan fingerprint density at radius 2 is 1.77 bits per heavy atom. The second kappa shape index (κ2) is 9.85. The summed E-state index contributed by atoms with van der Waals surface area (Å²) in [5, 5.41) is 5.11. The lowest BCUT2D eigenvalue weighted by atomic mass is 10.2. The third-order valence-electron chi connectivity index (χ3n) is 6.11. The number of carbonyl (C=O) groups excluding carboxylic acids is 1. The van der Waals surface area contributed by atoms with Crippen LogP contribution in [0.2, 0.25) is 5.02 Å². The van der Waals surface area contributed by atoms with Crippen molar-refractivity contribution in [3.8, 4) is 11.4 Å². The Morgan fingerprint density at radius 3 is 2.54 bits per heavy atom. The van der Waals surface area contributed by atoms with Gasteiger partial charge in [0.15, 0.2) is 0 Å². The maximum atomic E-state index is 12.8. The molecule has 1 amide bonds. The summed E-state index contributed by atoms with van der Waals surface area (Å²) in [5.41, 5.74) is 0.417. The molecule has 0 spiro atoms. The van der Waals surface area contributed by atoms with Gasteiger partial charge in [0, 0.05) is 49.7 Å². The lowest BCUT2D eigenvalue weighted by Gasteiger charge is -2.34. The maximum absolute atomic E-state index is 12.8. The number of halogens is 1. The van der Waals surface area contributed by atoms with Crippen LogP contribution in [0.1, 0.15) is 12.3 Å². The van der Waals surface area contributed by atoms with Crippen molar-refractivity contribution >= 4 is 28.4 Å². The number of fused-ring (bicyclic) bond motifs is 1. The van der Waals surface area contributed by atoms with Crippen LogP contribution in [-0.2, 0) is 17.9 Å². The monoisotopic (exact) mass is 494 g/mol. The van der Waals surface area contributed by atoms with Gasteiger partial charge in [0.2, 0.25) is 17.6 Å². The second-order valence-corrected chi connectivity index (χ2v) is 8.79. The number of hydrogen-bond donors (Lipinski definition) is 1. The first kappa shape index (κ1) is 23.0. The molecule has 0 bridgehead atoms. The molecule has 4 aromatic rings. The van der Waals surface area contributed by atoms with Gasteiger partial charge in [-0.2, -0.15) is 4.98 Å².